The zero-order chi connectivity index (χ0) is 16.2. The highest BCUT2D eigenvalue weighted by Gasteiger charge is 2.15. The lowest BCUT2D eigenvalue weighted by atomic mass is 10.1. The van der Waals surface area contributed by atoms with Crippen molar-refractivity contribution in [3.63, 3.8) is 0 Å². The van der Waals surface area contributed by atoms with Crippen LogP contribution in [0.4, 0.5) is 5.69 Å². The lowest BCUT2D eigenvalue weighted by Crippen LogP contribution is -2.13. The SMILES string of the molecule is O=S(=O)(Nc1ccc(Cl)cc1Cl)c1ccc(CCCCl)cc1. The number of anilines is 1. The van der Waals surface area contributed by atoms with Crippen molar-refractivity contribution >= 4 is 50.5 Å². The Morgan fingerprint density at radius 3 is 2.27 bits per heavy atom. The molecule has 0 atom stereocenters. The quantitative estimate of drug-likeness (QED) is 0.722. The molecule has 0 heterocycles. The average Bonchev–Trinajstić information content (AvgIpc) is 2.48. The van der Waals surface area contributed by atoms with E-state index in [1.165, 1.54) is 12.1 Å². The van der Waals surface area contributed by atoms with Crippen molar-refractivity contribution in [2.45, 2.75) is 17.7 Å². The summed E-state index contributed by atoms with van der Waals surface area (Å²) in [6.45, 7) is 0. The van der Waals surface area contributed by atoms with Gasteiger partial charge in [0.2, 0.25) is 0 Å². The number of hydrogen-bond donors (Lipinski definition) is 1. The Morgan fingerprint density at radius 2 is 1.68 bits per heavy atom. The average molecular weight is 379 g/mol. The van der Waals surface area contributed by atoms with Gasteiger partial charge in [-0.3, -0.25) is 4.72 Å². The molecule has 0 spiro atoms. The Labute approximate surface area is 145 Å². The van der Waals surface area contributed by atoms with Crippen LogP contribution in [0.15, 0.2) is 47.4 Å². The minimum Gasteiger partial charge on any atom is -0.278 e. The molecule has 118 valence electrons. The van der Waals surface area contributed by atoms with Crippen molar-refractivity contribution in [1.82, 2.24) is 0 Å². The number of alkyl halides is 1. The lowest BCUT2D eigenvalue weighted by Gasteiger charge is -2.10. The molecular weight excluding hydrogens is 365 g/mol. The van der Waals surface area contributed by atoms with Gasteiger partial charge in [-0.05, 0) is 48.7 Å². The van der Waals surface area contributed by atoms with Gasteiger partial charge in [0.15, 0.2) is 0 Å². The number of sulfonamides is 1. The summed E-state index contributed by atoms with van der Waals surface area (Å²) in [6, 6.07) is 11.3. The predicted molar refractivity (Wildman–Crippen MR) is 92.8 cm³/mol. The number of rotatable bonds is 6. The lowest BCUT2D eigenvalue weighted by molar-refractivity contribution is 0.601. The molecule has 22 heavy (non-hydrogen) atoms. The van der Waals surface area contributed by atoms with E-state index in [-0.39, 0.29) is 15.6 Å². The van der Waals surface area contributed by atoms with E-state index in [1.807, 2.05) is 0 Å². The number of halogens is 3. The van der Waals surface area contributed by atoms with Gasteiger partial charge in [0.1, 0.15) is 0 Å². The van der Waals surface area contributed by atoms with Crippen LogP contribution in [0.1, 0.15) is 12.0 Å². The minimum absolute atomic E-state index is 0.174. The molecule has 3 nitrogen and oxygen atoms in total. The Morgan fingerprint density at radius 1 is 1.00 bits per heavy atom. The van der Waals surface area contributed by atoms with Crippen LogP contribution in [0.3, 0.4) is 0 Å². The van der Waals surface area contributed by atoms with Crippen molar-refractivity contribution in [3.05, 3.63) is 58.1 Å². The summed E-state index contributed by atoms with van der Waals surface area (Å²) in [6.07, 6.45) is 1.67. The maximum absolute atomic E-state index is 12.3. The molecule has 7 heteroatoms. The summed E-state index contributed by atoms with van der Waals surface area (Å²) in [5.41, 5.74) is 1.33. The first-order valence-electron chi connectivity index (χ1n) is 6.55. The van der Waals surface area contributed by atoms with Crippen molar-refractivity contribution in [1.29, 1.82) is 0 Å². The highest BCUT2D eigenvalue weighted by atomic mass is 35.5. The Balaban J connectivity index is 2.19. The van der Waals surface area contributed by atoms with Gasteiger partial charge in [0.25, 0.3) is 10.0 Å². The number of aryl methyl sites for hydroxylation is 1. The third-order valence-electron chi connectivity index (χ3n) is 3.01. The van der Waals surface area contributed by atoms with Crippen molar-refractivity contribution in [2.75, 3.05) is 10.6 Å². The van der Waals surface area contributed by atoms with Gasteiger partial charge in [-0.2, -0.15) is 0 Å². The summed E-state index contributed by atoms with van der Waals surface area (Å²) in [4.78, 5) is 0.174. The van der Waals surface area contributed by atoms with E-state index in [0.717, 1.165) is 18.4 Å². The van der Waals surface area contributed by atoms with Crippen LogP contribution < -0.4 is 4.72 Å². The molecule has 0 saturated heterocycles. The molecular formula is C15H14Cl3NO2S. The maximum Gasteiger partial charge on any atom is 0.261 e. The zero-order valence-corrected chi connectivity index (χ0v) is 14.6. The molecule has 2 aromatic rings. The third kappa shape index (κ3) is 4.53. The van der Waals surface area contributed by atoms with Crippen LogP contribution in [0.2, 0.25) is 10.0 Å². The predicted octanol–water partition coefficient (Wildman–Crippen LogP) is 4.97. The highest BCUT2D eigenvalue weighted by molar-refractivity contribution is 7.92. The molecule has 1 N–H and O–H groups in total. The van der Waals surface area contributed by atoms with E-state index in [2.05, 4.69) is 4.72 Å². The van der Waals surface area contributed by atoms with Gasteiger partial charge in [0.05, 0.1) is 15.6 Å². The molecule has 0 unspecified atom stereocenters. The van der Waals surface area contributed by atoms with E-state index < -0.39 is 10.0 Å². The van der Waals surface area contributed by atoms with Crippen LogP contribution in [0.5, 0.6) is 0 Å². The van der Waals surface area contributed by atoms with Crippen LogP contribution in [0.25, 0.3) is 0 Å². The second kappa shape index (κ2) is 7.55. The number of nitrogens with one attached hydrogen (secondary N) is 1. The first-order chi connectivity index (χ1) is 10.4. The summed E-state index contributed by atoms with van der Waals surface area (Å²) >= 11 is 17.4. The molecule has 0 aliphatic rings. The fraction of sp³-hybridized carbons (Fsp3) is 0.200. The standard InChI is InChI=1S/C15H14Cl3NO2S/c16-9-1-2-11-3-6-13(7-4-11)22(20,21)19-15-8-5-12(17)10-14(15)18/h3-8,10,19H,1-2,9H2. The van der Waals surface area contributed by atoms with Crippen LogP contribution in [-0.2, 0) is 16.4 Å². The van der Waals surface area contributed by atoms with Crippen LogP contribution in [0, 0.1) is 0 Å². The van der Waals surface area contributed by atoms with Crippen molar-refractivity contribution < 1.29 is 8.42 Å². The van der Waals surface area contributed by atoms with Crippen LogP contribution >= 0.6 is 34.8 Å². The molecule has 0 bridgehead atoms. The van der Waals surface area contributed by atoms with Gasteiger partial charge in [-0.1, -0.05) is 35.3 Å². The van der Waals surface area contributed by atoms with Crippen molar-refractivity contribution in [2.24, 2.45) is 0 Å². The Hall–Kier alpha value is -0.940. The third-order valence-corrected chi connectivity index (χ3v) is 5.20. The molecule has 2 rings (SSSR count). The van der Waals surface area contributed by atoms with E-state index in [9.17, 15) is 8.42 Å². The summed E-state index contributed by atoms with van der Waals surface area (Å²) in [5.74, 6) is 0.580. The van der Waals surface area contributed by atoms with E-state index in [1.54, 1.807) is 30.3 Å². The first-order valence-corrected chi connectivity index (χ1v) is 9.32. The Kier molecular flexibility index (Phi) is 5.98. The van der Waals surface area contributed by atoms with Gasteiger partial charge in [-0.25, -0.2) is 8.42 Å². The zero-order valence-electron chi connectivity index (χ0n) is 11.5. The van der Waals surface area contributed by atoms with Crippen LogP contribution in [-0.4, -0.2) is 14.3 Å². The normalized spacial score (nSPS) is 11.4. The van der Waals surface area contributed by atoms with Gasteiger partial charge in [-0.15, -0.1) is 11.6 Å². The summed E-state index contributed by atoms with van der Waals surface area (Å²) < 4.78 is 27.1. The first kappa shape index (κ1) is 17.4. The van der Waals surface area contributed by atoms with Crippen molar-refractivity contribution in [3.8, 4) is 0 Å². The molecule has 0 aromatic heterocycles. The molecule has 0 amide bonds. The Bertz CT molecular complexity index is 746. The van der Waals surface area contributed by atoms with Gasteiger partial charge < -0.3 is 0 Å². The second-order valence-electron chi connectivity index (χ2n) is 4.67. The summed E-state index contributed by atoms with van der Waals surface area (Å²) in [5, 5.41) is 0.686. The molecule has 2 aromatic carbocycles. The highest BCUT2D eigenvalue weighted by Crippen LogP contribution is 2.27. The number of hydrogen-bond acceptors (Lipinski definition) is 2. The largest absolute Gasteiger partial charge is 0.278 e. The van der Waals surface area contributed by atoms with Gasteiger partial charge >= 0.3 is 0 Å². The fourth-order valence-electron chi connectivity index (χ4n) is 1.88. The number of benzene rings is 2. The molecule has 0 aliphatic heterocycles. The molecule has 0 saturated carbocycles. The van der Waals surface area contributed by atoms with E-state index in [4.69, 9.17) is 34.8 Å². The molecule has 0 fully saturated rings. The fourth-order valence-corrected chi connectivity index (χ4v) is 3.61. The maximum atomic E-state index is 12.3. The van der Waals surface area contributed by atoms with E-state index >= 15 is 0 Å². The second-order valence-corrected chi connectivity index (χ2v) is 7.57. The van der Waals surface area contributed by atoms with E-state index in [0.29, 0.717) is 10.9 Å². The topological polar surface area (TPSA) is 46.2 Å². The molecule has 0 radical (unpaired) electrons. The summed E-state index contributed by atoms with van der Waals surface area (Å²) in [7, 11) is -3.69. The molecule has 0 aliphatic carbocycles. The van der Waals surface area contributed by atoms with Gasteiger partial charge in [0, 0.05) is 10.9 Å². The minimum atomic E-state index is -3.69. The monoisotopic (exact) mass is 377 g/mol. The smallest absolute Gasteiger partial charge is 0.261 e.